The summed E-state index contributed by atoms with van der Waals surface area (Å²) in [7, 11) is 0. The van der Waals surface area contributed by atoms with Gasteiger partial charge >= 0.3 is 6.09 Å². The molecule has 18 heavy (non-hydrogen) atoms. The number of aldehydes is 1. The Hall–Kier alpha value is -1.06. The Morgan fingerprint density at radius 3 is 2.33 bits per heavy atom. The van der Waals surface area contributed by atoms with Crippen LogP contribution in [0.1, 0.15) is 53.4 Å². The molecule has 4 heteroatoms. The van der Waals surface area contributed by atoms with E-state index >= 15 is 0 Å². The summed E-state index contributed by atoms with van der Waals surface area (Å²) in [5.41, 5.74) is -0.520. The topological polar surface area (TPSA) is 46.6 Å². The lowest BCUT2D eigenvalue weighted by Crippen LogP contribution is -2.47. The highest BCUT2D eigenvalue weighted by molar-refractivity contribution is 5.74. The Balaban J connectivity index is 2.72. The maximum Gasteiger partial charge on any atom is 0.410 e. The van der Waals surface area contributed by atoms with Gasteiger partial charge in [0.1, 0.15) is 11.9 Å². The van der Waals surface area contributed by atoms with Crippen LogP contribution in [-0.4, -0.2) is 35.5 Å². The summed E-state index contributed by atoms with van der Waals surface area (Å²) in [5.74, 6) is 0.301. The van der Waals surface area contributed by atoms with E-state index in [1.165, 1.54) is 0 Å². The lowest BCUT2D eigenvalue weighted by Gasteiger charge is -2.32. The van der Waals surface area contributed by atoms with E-state index in [9.17, 15) is 9.59 Å². The Labute approximate surface area is 110 Å². The summed E-state index contributed by atoms with van der Waals surface area (Å²) in [4.78, 5) is 25.0. The van der Waals surface area contributed by atoms with Crippen LogP contribution in [0.25, 0.3) is 0 Å². The molecule has 0 aromatic rings. The van der Waals surface area contributed by atoms with Crippen LogP contribution >= 0.6 is 0 Å². The molecular weight excluding hydrogens is 230 g/mol. The molecule has 0 bridgehead atoms. The second-order valence-electron chi connectivity index (χ2n) is 5.94. The van der Waals surface area contributed by atoms with Gasteiger partial charge in [-0.1, -0.05) is 12.8 Å². The van der Waals surface area contributed by atoms with Crippen LogP contribution in [0.5, 0.6) is 0 Å². The molecule has 1 unspecified atom stereocenters. The van der Waals surface area contributed by atoms with Crippen LogP contribution in [-0.2, 0) is 9.53 Å². The number of amides is 1. The number of ether oxygens (including phenoxy) is 1. The molecule has 1 aliphatic carbocycles. The van der Waals surface area contributed by atoms with Crippen molar-refractivity contribution in [3.63, 3.8) is 0 Å². The van der Waals surface area contributed by atoms with Gasteiger partial charge in [0.15, 0.2) is 0 Å². The molecule has 0 saturated heterocycles. The normalized spacial score (nSPS) is 18.4. The van der Waals surface area contributed by atoms with Crippen molar-refractivity contribution in [3.8, 4) is 0 Å². The first-order valence-corrected chi connectivity index (χ1v) is 6.84. The summed E-state index contributed by atoms with van der Waals surface area (Å²) in [6.07, 6.45) is 4.89. The summed E-state index contributed by atoms with van der Waals surface area (Å²) in [6.45, 7) is 7.91. The minimum atomic E-state index is -0.520. The number of carbonyl (C=O) groups is 2. The van der Waals surface area contributed by atoms with Crippen molar-refractivity contribution in [2.24, 2.45) is 5.92 Å². The van der Waals surface area contributed by atoms with Crippen LogP contribution < -0.4 is 0 Å². The number of rotatable bonds is 4. The lowest BCUT2D eigenvalue weighted by molar-refractivity contribution is -0.114. The second-order valence-corrected chi connectivity index (χ2v) is 5.94. The highest BCUT2D eigenvalue weighted by Gasteiger charge is 2.33. The van der Waals surface area contributed by atoms with Crippen molar-refractivity contribution in [2.75, 3.05) is 6.54 Å². The fourth-order valence-corrected chi connectivity index (χ4v) is 2.52. The standard InChI is InChI=1S/C14H25NO3/c1-5-15(13(17)18-14(2,3)4)12(10-16)11-8-6-7-9-11/h10-12H,5-9H2,1-4H3. The van der Waals surface area contributed by atoms with Gasteiger partial charge in [-0.05, 0) is 46.5 Å². The Morgan fingerprint density at radius 2 is 1.94 bits per heavy atom. The van der Waals surface area contributed by atoms with Crippen molar-refractivity contribution in [1.82, 2.24) is 4.90 Å². The highest BCUT2D eigenvalue weighted by Crippen LogP contribution is 2.30. The van der Waals surface area contributed by atoms with E-state index < -0.39 is 5.60 Å². The van der Waals surface area contributed by atoms with E-state index in [1.54, 1.807) is 4.90 Å². The van der Waals surface area contributed by atoms with Crippen molar-refractivity contribution in [1.29, 1.82) is 0 Å². The van der Waals surface area contributed by atoms with Gasteiger partial charge in [0.05, 0.1) is 6.04 Å². The molecule has 1 amide bonds. The average Bonchev–Trinajstić information content (AvgIpc) is 2.75. The third-order valence-electron chi connectivity index (χ3n) is 3.35. The molecular formula is C14H25NO3. The van der Waals surface area contributed by atoms with Crippen molar-refractivity contribution < 1.29 is 14.3 Å². The zero-order chi connectivity index (χ0) is 13.8. The minimum Gasteiger partial charge on any atom is -0.444 e. The molecule has 0 N–H and O–H groups in total. The van der Waals surface area contributed by atoms with Crippen LogP contribution in [0.2, 0.25) is 0 Å². The number of likely N-dealkylation sites (N-methyl/N-ethyl adjacent to an activating group) is 1. The smallest absolute Gasteiger partial charge is 0.410 e. The van der Waals surface area contributed by atoms with Gasteiger partial charge in [-0.25, -0.2) is 4.79 Å². The zero-order valence-electron chi connectivity index (χ0n) is 11.9. The third-order valence-corrected chi connectivity index (χ3v) is 3.35. The Morgan fingerprint density at radius 1 is 1.39 bits per heavy atom. The molecule has 0 radical (unpaired) electrons. The van der Waals surface area contributed by atoms with Gasteiger partial charge in [-0.3, -0.25) is 4.90 Å². The first-order chi connectivity index (χ1) is 8.39. The lowest BCUT2D eigenvalue weighted by atomic mass is 9.98. The molecule has 0 heterocycles. The van der Waals surface area contributed by atoms with E-state index in [1.807, 2.05) is 27.7 Å². The van der Waals surface area contributed by atoms with E-state index in [0.717, 1.165) is 32.0 Å². The molecule has 0 spiro atoms. The predicted octanol–water partition coefficient (Wildman–Crippen LogP) is 3.00. The third kappa shape index (κ3) is 4.00. The summed E-state index contributed by atoms with van der Waals surface area (Å²) in [6, 6.07) is -0.327. The minimum absolute atomic E-state index is 0.301. The molecule has 4 nitrogen and oxygen atoms in total. The van der Waals surface area contributed by atoms with Crippen molar-refractivity contribution >= 4 is 12.4 Å². The fourth-order valence-electron chi connectivity index (χ4n) is 2.52. The van der Waals surface area contributed by atoms with E-state index in [-0.39, 0.29) is 12.1 Å². The fraction of sp³-hybridized carbons (Fsp3) is 0.857. The molecule has 0 aromatic heterocycles. The molecule has 1 aliphatic rings. The summed E-state index contributed by atoms with van der Waals surface area (Å²) >= 11 is 0. The SMILES string of the molecule is CCN(C(=O)OC(C)(C)C)C(C=O)C1CCCC1. The summed E-state index contributed by atoms with van der Waals surface area (Å²) in [5, 5.41) is 0. The van der Waals surface area contributed by atoms with Crippen LogP contribution in [0.3, 0.4) is 0 Å². The molecule has 1 rings (SSSR count). The van der Waals surface area contributed by atoms with Crippen molar-refractivity contribution in [3.05, 3.63) is 0 Å². The maximum atomic E-state index is 12.1. The van der Waals surface area contributed by atoms with Gasteiger partial charge < -0.3 is 9.53 Å². The highest BCUT2D eigenvalue weighted by atomic mass is 16.6. The molecule has 1 saturated carbocycles. The second kappa shape index (κ2) is 6.21. The van der Waals surface area contributed by atoms with Crippen LogP contribution in [0.4, 0.5) is 4.79 Å². The summed E-state index contributed by atoms with van der Waals surface area (Å²) < 4.78 is 5.36. The van der Waals surface area contributed by atoms with Crippen molar-refractivity contribution in [2.45, 2.75) is 65.0 Å². The largest absolute Gasteiger partial charge is 0.444 e. The Bertz CT molecular complexity index is 290. The maximum absolute atomic E-state index is 12.1. The number of nitrogens with zero attached hydrogens (tertiary/aromatic N) is 1. The predicted molar refractivity (Wildman–Crippen MR) is 70.4 cm³/mol. The molecule has 0 aromatic carbocycles. The first-order valence-electron chi connectivity index (χ1n) is 6.84. The van der Waals surface area contributed by atoms with E-state index in [4.69, 9.17) is 4.74 Å². The molecule has 0 aliphatic heterocycles. The molecule has 1 atom stereocenters. The number of hydrogen-bond donors (Lipinski definition) is 0. The number of hydrogen-bond acceptors (Lipinski definition) is 3. The van der Waals surface area contributed by atoms with Crippen LogP contribution in [0.15, 0.2) is 0 Å². The average molecular weight is 255 g/mol. The van der Waals surface area contributed by atoms with Gasteiger partial charge in [0.2, 0.25) is 0 Å². The van der Waals surface area contributed by atoms with Crippen LogP contribution in [0, 0.1) is 5.92 Å². The van der Waals surface area contributed by atoms with E-state index in [2.05, 4.69) is 0 Å². The molecule has 1 fully saturated rings. The monoisotopic (exact) mass is 255 g/mol. The first kappa shape index (κ1) is 15.0. The van der Waals surface area contributed by atoms with E-state index in [0.29, 0.717) is 12.5 Å². The molecule has 104 valence electrons. The van der Waals surface area contributed by atoms with Gasteiger partial charge in [-0.2, -0.15) is 0 Å². The Kier molecular flexibility index (Phi) is 5.17. The number of carbonyl (C=O) groups excluding carboxylic acids is 2. The van der Waals surface area contributed by atoms with Gasteiger partial charge in [-0.15, -0.1) is 0 Å². The van der Waals surface area contributed by atoms with Gasteiger partial charge in [0.25, 0.3) is 0 Å². The zero-order valence-corrected chi connectivity index (χ0v) is 11.9. The van der Waals surface area contributed by atoms with Gasteiger partial charge in [0, 0.05) is 6.54 Å². The quantitative estimate of drug-likeness (QED) is 0.725.